The van der Waals surface area contributed by atoms with Gasteiger partial charge in [-0.3, -0.25) is 0 Å². The second-order valence-electron chi connectivity index (χ2n) is 6.31. The molecule has 3 unspecified atom stereocenters. The molecule has 0 amide bonds. The summed E-state index contributed by atoms with van der Waals surface area (Å²) >= 11 is 0. The lowest BCUT2D eigenvalue weighted by molar-refractivity contribution is 0.395. The number of rotatable bonds is 1. The third-order valence-corrected chi connectivity index (χ3v) is 5.02. The van der Waals surface area contributed by atoms with E-state index in [2.05, 4.69) is 6.92 Å². The summed E-state index contributed by atoms with van der Waals surface area (Å²) in [5.41, 5.74) is 0. The van der Waals surface area contributed by atoms with Crippen LogP contribution in [0.5, 0.6) is 0 Å². The summed E-state index contributed by atoms with van der Waals surface area (Å²) in [6.45, 7) is 2.39. The van der Waals surface area contributed by atoms with Gasteiger partial charge in [-0.15, -0.1) is 0 Å². The lowest BCUT2D eigenvalue weighted by Crippen LogP contribution is -1.99. The highest BCUT2D eigenvalue weighted by Gasteiger charge is 2.35. The third-order valence-electron chi connectivity index (χ3n) is 5.02. The van der Waals surface area contributed by atoms with Crippen molar-refractivity contribution in [3.05, 3.63) is 0 Å². The Labute approximate surface area is 102 Å². The average Bonchev–Trinajstić information content (AvgIpc) is 3.04. The molecule has 0 aromatic carbocycles. The fraction of sp³-hybridized carbons (Fsp3) is 1.00. The van der Waals surface area contributed by atoms with Crippen molar-refractivity contribution in [3.8, 4) is 0 Å². The monoisotopic (exact) mass is 222 g/mol. The molecular weight excluding hydrogens is 192 g/mol. The Morgan fingerprint density at radius 3 is 1.81 bits per heavy atom. The SMILES string of the molecule is CCC1CCCCCCC2CC2CCCC1. The maximum Gasteiger partial charge on any atom is -0.0383 e. The van der Waals surface area contributed by atoms with Crippen molar-refractivity contribution in [2.75, 3.05) is 0 Å². The molecule has 16 heavy (non-hydrogen) atoms. The van der Waals surface area contributed by atoms with Crippen LogP contribution in [0.25, 0.3) is 0 Å². The Kier molecular flexibility index (Phi) is 5.19. The Bertz CT molecular complexity index is 184. The van der Waals surface area contributed by atoms with Gasteiger partial charge in [0.2, 0.25) is 0 Å². The summed E-state index contributed by atoms with van der Waals surface area (Å²) in [4.78, 5) is 0. The van der Waals surface area contributed by atoms with E-state index < -0.39 is 0 Å². The van der Waals surface area contributed by atoms with Crippen molar-refractivity contribution in [1.82, 2.24) is 0 Å². The van der Waals surface area contributed by atoms with E-state index in [0.29, 0.717) is 0 Å². The standard InChI is InChI=1S/C16H30/c1-2-14-9-5-3-4-6-11-15-13-16(15)12-8-7-10-14/h14-16H,2-13H2,1H3. The first-order chi connectivity index (χ1) is 7.90. The highest BCUT2D eigenvalue weighted by molar-refractivity contribution is 4.85. The normalized spacial score (nSPS) is 37.7. The van der Waals surface area contributed by atoms with Gasteiger partial charge in [-0.2, -0.15) is 0 Å². The lowest BCUT2D eigenvalue weighted by atomic mass is 9.92. The summed E-state index contributed by atoms with van der Waals surface area (Å²) in [5, 5.41) is 0. The van der Waals surface area contributed by atoms with Crippen LogP contribution in [-0.2, 0) is 0 Å². The Morgan fingerprint density at radius 2 is 1.19 bits per heavy atom. The molecular formula is C16H30. The van der Waals surface area contributed by atoms with Crippen LogP contribution in [0.3, 0.4) is 0 Å². The largest absolute Gasteiger partial charge is 0.0651 e. The molecule has 0 heteroatoms. The lowest BCUT2D eigenvalue weighted by Gasteiger charge is -2.14. The minimum Gasteiger partial charge on any atom is -0.0651 e. The molecule has 0 aromatic rings. The Hall–Kier alpha value is 0. The Balaban J connectivity index is 1.71. The molecule has 94 valence electrons. The average molecular weight is 222 g/mol. The van der Waals surface area contributed by atoms with Crippen LogP contribution in [-0.4, -0.2) is 0 Å². The first-order valence-corrected chi connectivity index (χ1v) is 7.90. The fourth-order valence-corrected chi connectivity index (χ4v) is 3.60. The summed E-state index contributed by atoms with van der Waals surface area (Å²) in [6, 6.07) is 0. The molecule has 2 saturated carbocycles. The minimum atomic E-state index is 1.05. The smallest absolute Gasteiger partial charge is 0.0383 e. The van der Waals surface area contributed by atoms with E-state index in [9.17, 15) is 0 Å². The van der Waals surface area contributed by atoms with Gasteiger partial charge < -0.3 is 0 Å². The first-order valence-electron chi connectivity index (χ1n) is 7.90. The van der Waals surface area contributed by atoms with Gasteiger partial charge in [0.05, 0.1) is 0 Å². The molecule has 0 bridgehead atoms. The van der Waals surface area contributed by atoms with Crippen molar-refractivity contribution in [2.45, 2.75) is 84.0 Å². The van der Waals surface area contributed by atoms with Crippen LogP contribution in [0.2, 0.25) is 0 Å². The van der Waals surface area contributed by atoms with E-state index >= 15 is 0 Å². The van der Waals surface area contributed by atoms with Crippen molar-refractivity contribution < 1.29 is 0 Å². The topological polar surface area (TPSA) is 0 Å². The van der Waals surface area contributed by atoms with Crippen molar-refractivity contribution in [3.63, 3.8) is 0 Å². The molecule has 0 radical (unpaired) electrons. The van der Waals surface area contributed by atoms with E-state index in [4.69, 9.17) is 0 Å². The van der Waals surface area contributed by atoms with E-state index in [1.807, 2.05) is 0 Å². The number of hydrogen-bond acceptors (Lipinski definition) is 0. The zero-order chi connectivity index (χ0) is 11.2. The first kappa shape index (κ1) is 12.5. The predicted octanol–water partition coefficient (Wildman–Crippen LogP) is 5.56. The third kappa shape index (κ3) is 4.11. The molecule has 0 N–H and O–H groups in total. The highest BCUT2D eigenvalue weighted by Crippen LogP contribution is 2.46. The second-order valence-corrected chi connectivity index (χ2v) is 6.31. The van der Waals surface area contributed by atoms with Crippen molar-refractivity contribution in [1.29, 1.82) is 0 Å². The number of hydrogen-bond donors (Lipinski definition) is 0. The van der Waals surface area contributed by atoms with E-state index in [-0.39, 0.29) is 0 Å². The van der Waals surface area contributed by atoms with Crippen LogP contribution in [0.4, 0.5) is 0 Å². The van der Waals surface area contributed by atoms with Crippen LogP contribution in [0.1, 0.15) is 84.0 Å². The van der Waals surface area contributed by atoms with Gasteiger partial charge in [0.15, 0.2) is 0 Å². The van der Waals surface area contributed by atoms with E-state index in [1.54, 1.807) is 19.3 Å². The zero-order valence-electron chi connectivity index (χ0n) is 11.2. The molecule has 2 fully saturated rings. The predicted molar refractivity (Wildman–Crippen MR) is 71.5 cm³/mol. The molecule has 2 rings (SSSR count). The van der Waals surface area contributed by atoms with Crippen molar-refractivity contribution >= 4 is 0 Å². The number of fused-ring (bicyclic) bond motifs is 1. The molecule has 2 aliphatic rings. The Morgan fingerprint density at radius 1 is 0.688 bits per heavy atom. The van der Waals surface area contributed by atoms with Crippen LogP contribution in [0.15, 0.2) is 0 Å². The van der Waals surface area contributed by atoms with Crippen molar-refractivity contribution in [2.24, 2.45) is 17.8 Å². The summed E-state index contributed by atoms with van der Waals surface area (Å²) in [6.07, 6.45) is 18.3. The molecule has 2 aliphatic carbocycles. The fourth-order valence-electron chi connectivity index (χ4n) is 3.60. The second kappa shape index (κ2) is 6.67. The zero-order valence-corrected chi connectivity index (χ0v) is 11.2. The van der Waals surface area contributed by atoms with Gasteiger partial charge in [-0.25, -0.2) is 0 Å². The van der Waals surface area contributed by atoms with Gasteiger partial charge in [-0.05, 0) is 24.2 Å². The highest BCUT2D eigenvalue weighted by atomic mass is 14.4. The molecule has 0 aromatic heterocycles. The maximum atomic E-state index is 2.39. The molecule has 0 heterocycles. The van der Waals surface area contributed by atoms with Crippen LogP contribution < -0.4 is 0 Å². The molecule has 3 atom stereocenters. The van der Waals surface area contributed by atoms with Gasteiger partial charge >= 0.3 is 0 Å². The van der Waals surface area contributed by atoms with Crippen LogP contribution >= 0.6 is 0 Å². The summed E-state index contributed by atoms with van der Waals surface area (Å²) in [5.74, 6) is 3.36. The molecule has 0 nitrogen and oxygen atoms in total. The molecule has 0 spiro atoms. The summed E-state index contributed by atoms with van der Waals surface area (Å²) in [7, 11) is 0. The minimum absolute atomic E-state index is 1.05. The van der Waals surface area contributed by atoms with Gasteiger partial charge in [0.25, 0.3) is 0 Å². The van der Waals surface area contributed by atoms with Gasteiger partial charge in [0.1, 0.15) is 0 Å². The van der Waals surface area contributed by atoms with Crippen LogP contribution in [0, 0.1) is 17.8 Å². The molecule has 0 aliphatic heterocycles. The van der Waals surface area contributed by atoms with E-state index in [1.165, 1.54) is 57.8 Å². The van der Waals surface area contributed by atoms with E-state index in [0.717, 1.165) is 17.8 Å². The quantitative estimate of drug-likeness (QED) is 0.544. The molecule has 0 saturated heterocycles. The van der Waals surface area contributed by atoms with Gasteiger partial charge in [0, 0.05) is 0 Å². The summed E-state index contributed by atoms with van der Waals surface area (Å²) < 4.78 is 0. The van der Waals surface area contributed by atoms with Gasteiger partial charge in [-0.1, -0.05) is 77.6 Å². The maximum absolute atomic E-state index is 2.39.